The lowest BCUT2D eigenvalue weighted by atomic mass is 9.96. The molecule has 1 N–H and O–H groups in total. The van der Waals surface area contributed by atoms with Gasteiger partial charge in [0.1, 0.15) is 23.3 Å². The second-order valence-corrected chi connectivity index (χ2v) is 7.38. The van der Waals surface area contributed by atoms with Gasteiger partial charge in [-0.25, -0.2) is 0 Å². The van der Waals surface area contributed by atoms with E-state index in [1.165, 1.54) is 11.3 Å². The second kappa shape index (κ2) is 7.23. The Kier molecular flexibility index (Phi) is 5.12. The number of carbonyl (C=O) groups excluding carboxylic acids is 1. The standard InChI is InChI=1S/C16H14F3N5O3S/c1-8-13(24(26)27)14(16(17,18)19)22-23(8)7-12(25)21-15-10(6-20)9-4-2-3-5-11(9)28-15/h2-5,7H2,1H3,(H,21,25). The van der Waals surface area contributed by atoms with Crippen LogP contribution in [0.5, 0.6) is 0 Å². The predicted molar refractivity (Wildman–Crippen MR) is 92.9 cm³/mol. The quantitative estimate of drug-likeness (QED) is 0.608. The second-order valence-electron chi connectivity index (χ2n) is 6.27. The zero-order chi connectivity index (χ0) is 20.6. The molecule has 2 heterocycles. The SMILES string of the molecule is Cc1c([N+](=O)[O-])c(C(F)(F)F)nn1CC(=O)Nc1sc2c(c1C#N)CCCC2. The molecular formula is C16H14F3N5O3S. The van der Waals surface area contributed by atoms with Crippen molar-refractivity contribution in [3.05, 3.63) is 37.5 Å². The Morgan fingerprint density at radius 2 is 2.11 bits per heavy atom. The average Bonchev–Trinajstić information content (AvgIpc) is 3.12. The predicted octanol–water partition coefficient (Wildman–Crippen LogP) is 3.57. The molecule has 1 aliphatic carbocycles. The Balaban J connectivity index is 1.86. The maximum absolute atomic E-state index is 13.0. The summed E-state index contributed by atoms with van der Waals surface area (Å²) in [4.78, 5) is 23.2. The van der Waals surface area contributed by atoms with Crippen LogP contribution >= 0.6 is 11.3 Å². The van der Waals surface area contributed by atoms with Crippen molar-refractivity contribution in [2.75, 3.05) is 5.32 Å². The minimum absolute atomic E-state index is 0.342. The van der Waals surface area contributed by atoms with E-state index < -0.39 is 34.9 Å². The molecule has 28 heavy (non-hydrogen) atoms. The number of thiophene rings is 1. The van der Waals surface area contributed by atoms with E-state index in [9.17, 15) is 33.3 Å². The van der Waals surface area contributed by atoms with Gasteiger partial charge in [0, 0.05) is 4.88 Å². The molecule has 2 aromatic rings. The van der Waals surface area contributed by atoms with Crippen LogP contribution in [-0.2, 0) is 30.4 Å². The van der Waals surface area contributed by atoms with Gasteiger partial charge < -0.3 is 5.32 Å². The summed E-state index contributed by atoms with van der Waals surface area (Å²) in [6.45, 7) is 0.453. The minimum Gasteiger partial charge on any atom is -0.315 e. The topological polar surface area (TPSA) is 114 Å². The van der Waals surface area contributed by atoms with Crippen molar-refractivity contribution in [2.24, 2.45) is 0 Å². The Morgan fingerprint density at radius 1 is 1.43 bits per heavy atom. The Bertz CT molecular complexity index is 1000. The molecule has 0 spiro atoms. The van der Waals surface area contributed by atoms with Crippen LogP contribution in [0.4, 0.5) is 23.9 Å². The maximum atomic E-state index is 13.0. The van der Waals surface area contributed by atoms with Gasteiger partial charge in [-0.15, -0.1) is 11.3 Å². The number of nitrogens with one attached hydrogen (secondary N) is 1. The molecule has 12 heteroatoms. The van der Waals surface area contributed by atoms with E-state index in [1.807, 2.05) is 0 Å². The number of halogens is 3. The van der Waals surface area contributed by atoms with E-state index in [2.05, 4.69) is 16.5 Å². The van der Waals surface area contributed by atoms with Gasteiger partial charge >= 0.3 is 11.9 Å². The normalized spacial score (nSPS) is 13.7. The molecule has 1 amide bonds. The van der Waals surface area contributed by atoms with E-state index in [1.54, 1.807) is 0 Å². The van der Waals surface area contributed by atoms with Crippen LogP contribution in [0, 0.1) is 28.4 Å². The van der Waals surface area contributed by atoms with Gasteiger partial charge in [0.05, 0.1) is 10.5 Å². The fourth-order valence-electron chi connectivity index (χ4n) is 3.17. The number of anilines is 1. The number of nitrogens with zero attached hydrogens (tertiary/aromatic N) is 4. The fourth-order valence-corrected chi connectivity index (χ4v) is 4.43. The van der Waals surface area contributed by atoms with Crippen molar-refractivity contribution in [2.45, 2.75) is 45.3 Å². The zero-order valence-electron chi connectivity index (χ0n) is 14.6. The van der Waals surface area contributed by atoms with Gasteiger partial charge in [0.25, 0.3) is 0 Å². The number of aryl methyl sites for hydroxylation is 1. The number of aromatic nitrogens is 2. The minimum atomic E-state index is -5.02. The number of hydrogen-bond donors (Lipinski definition) is 1. The number of fused-ring (bicyclic) bond motifs is 1. The summed E-state index contributed by atoms with van der Waals surface area (Å²) in [5.74, 6) is -0.718. The van der Waals surface area contributed by atoms with Crippen LogP contribution in [0.3, 0.4) is 0 Å². The molecule has 0 aromatic carbocycles. The van der Waals surface area contributed by atoms with Gasteiger partial charge in [-0.1, -0.05) is 0 Å². The largest absolute Gasteiger partial charge is 0.442 e. The number of amides is 1. The fraction of sp³-hybridized carbons (Fsp3) is 0.438. The summed E-state index contributed by atoms with van der Waals surface area (Å²) in [5, 5.41) is 26.5. The highest BCUT2D eigenvalue weighted by Crippen LogP contribution is 2.38. The highest BCUT2D eigenvalue weighted by Gasteiger charge is 2.44. The third-order valence-electron chi connectivity index (χ3n) is 4.46. The molecule has 0 atom stereocenters. The molecule has 2 aromatic heterocycles. The number of carbonyl (C=O) groups is 1. The number of nitriles is 1. The van der Waals surface area contributed by atoms with Gasteiger partial charge in [-0.2, -0.15) is 23.5 Å². The summed E-state index contributed by atoms with van der Waals surface area (Å²) >= 11 is 1.27. The lowest BCUT2D eigenvalue weighted by Gasteiger charge is -2.09. The van der Waals surface area contributed by atoms with E-state index in [4.69, 9.17) is 0 Å². The Labute approximate surface area is 160 Å². The smallest absolute Gasteiger partial charge is 0.315 e. The number of rotatable bonds is 4. The monoisotopic (exact) mass is 413 g/mol. The number of alkyl halides is 3. The first-order valence-electron chi connectivity index (χ1n) is 8.27. The van der Waals surface area contributed by atoms with Crippen molar-refractivity contribution in [1.29, 1.82) is 5.26 Å². The van der Waals surface area contributed by atoms with Crippen LogP contribution < -0.4 is 5.32 Å². The van der Waals surface area contributed by atoms with Gasteiger partial charge in [0.2, 0.25) is 11.6 Å². The first-order valence-corrected chi connectivity index (χ1v) is 9.08. The van der Waals surface area contributed by atoms with Gasteiger partial charge in [-0.05, 0) is 38.2 Å². The van der Waals surface area contributed by atoms with Crippen LogP contribution in [0.25, 0.3) is 0 Å². The summed E-state index contributed by atoms with van der Waals surface area (Å²) in [5.41, 5.74) is -1.93. The van der Waals surface area contributed by atoms with E-state index in [-0.39, 0.29) is 5.69 Å². The van der Waals surface area contributed by atoms with Gasteiger partial charge in [0.15, 0.2) is 0 Å². The highest BCUT2D eigenvalue weighted by atomic mass is 32.1. The van der Waals surface area contributed by atoms with Crippen molar-refractivity contribution in [1.82, 2.24) is 9.78 Å². The van der Waals surface area contributed by atoms with Gasteiger partial charge in [-0.3, -0.25) is 19.6 Å². The van der Waals surface area contributed by atoms with Crippen LogP contribution in [-0.4, -0.2) is 20.6 Å². The molecule has 0 bridgehead atoms. The Hall–Kier alpha value is -2.94. The molecule has 0 saturated carbocycles. The molecule has 0 unspecified atom stereocenters. The average molecular weight is 413 g/mol. The number of hydrogen-bond acceptors (Lipinski definition) is 6. The summed E-state index contributed by atoms with van der Waals surface area (Å²) < 4.78 is 39.7. The third-order valence-corrected chi connectivity index (χ3v) is 5.66. The van der Waals surface area contributed by atoms with Crippen LogP contribution in [0.2, 0.25) is 0 Å². The molecule has 0 saturated heterocycles. The molecule has 0 radical (unpaired) electrons. The van der Waals surface area contributed by atoms with Crippen molar-refractivity contribution < 1.29 is 22.9 Å². The van der Waals surface area contributed by atoms with Crippen molar-refractivity contribution in [3.63, 3.8) is 0 Å². The molecule has 1 aliphatic rings. The molecule has 148 valence electrons. The highest BCUT2D eigenvalue weighted by molar-refractivity contribution is 7.16. The summed E-state index contributed by atoms with van der Waals surface area (Å²) in [7, 11) is 0. The molecule has 3 rings (SSSR count). The summed E-state index contributed by atoms with van der Waals surface area (Å²) in [6.07, 6.45) is -1.53. The van der Waals surface area contributed by atoms with Crippen molar-refractivity contribution >= 4 is 27.9 Å². The Morgan fingerprint density at radius 3 is 2.68 bits per heavy atom. The zero-order valence-corrected chi connectivity index (χ0v) is 15.4. The molecule has 0 aliphatic heterocycles. The molecule has 8 nitrogen and oxygen atoms in total. The van der Waals surface area contributed by atoms with Crippen LogP contribution in [0.1, 0.15) is 40.2 Å². The first kappa shape index (κ1) is 19.8. The number of nitro groups is 1. The first-order chi connectivity index (χ1) is 13.1. The van der Waals surface area contributed by atoms with Crippen molar-refractivity contribution in [3.8, 4) is 6.07 Å². The molecule has 0 fully saturated rings. The summed E-state index contributed by atoms with van der Waals surface area (Å²) in [6, 6.07) is 2.07. The van der Waals surface area contributed by atoms with E-state index >= 15 is 0 Å². The lowest BCUT2D eigenvalue weighted by molar-refractivity contribution is -0.388. The molecular weight excluding hydrogens is 399 g/mol. The van der Waals surface area contributed by atoms with Crippen LogP contribution in [0.15, 0.2) is 0 Å². The maximum Gasteiger partial charge on any atom is 0.442 e. The van der Waals surface area contributed by atoms with E-state index in [0.717, 1.165) is 43.0 Å². The third kappa shape index (κ3) is 3.57. The lowest BCUT2D eigenvalue weighted by Crippen LogP contribution is -2.20. The van der Waals surface area contributed by atoms with E-state index in [0.29, 0.717) is 15.2 Å².